The van der Waals surface area contributed by atoms with Crippen LogP contribution in [0.25, 0.3) is 0 Å². The van der Waals surface area contributed by atoms with Gasteiger partial charge in [-0.3, -0.25) is 0 Å². The zero-order valence-corrected chi connectivity index (χ0v) is 21.8. The molecule has 0 radical (unpaired) electrons. The highest BCUT2D eigenvalue weighted by atomic mass is 16.6. The highest BCUT2D eigenvalue weighted by Gasteiger charge is 2.50. The first-order chi connectivity index (χ1) is 18.2. The lowest BCUT2D eigenvalue weighted by atomic mass is 9.93. The van der Waals surface area contributed by atoms with Crippen molar-refractivity contribution in [3.63, 3.8) is 0 Å². The van der Waals surface area contributed by atoms with Crippen LogP contribution >= 0.6 is 0 Å². The van der Waals surface area contributed by atoms with Crippen molar-refractivity contribution in [2.75, 3.05) is 6.61 Å². The highest BCUT2D eigenvalue weighted by molar-refractivity contribution is 5.90. The van der Waals surface area contributed by atoms with Gasteiger partial charge in [0.2, 0.25) is 0 Å². The van der Waals surface area contributed by atoms with Crippen molar-refractivity contribution in [3.8, 4) is 0 Å². The van der Waals surface area contributed by atoms with Gasteiger partial charge in [0.25, 0.3) is 0 Å². The van der Waals surface area contributed by atoms with E-state index in [9.17, 15) is 14.4 Å². The second-order valence-corrected chi connectivity index (χ2v) is 10.0. The molecule has 1 aliphatic heterocycles. The summed E-state index contributed by atoms with van der Waals surface area (Å²) in [6.07, 6.45) is -0.312. The molecule has 0 unspecified atom stereocenters. The van der Waals surface area contributed by atoms with Crippen LogP contribution in [0.4, 0.5) is 0 Å². The maximum atomic E-state index is 13.0. The Morgan fingerprint density at radius 1 is 0.816 bits per heavy atom. The van der Waals surface area contributed by atoms with Gasteiger partial charge in [-0.2, -0.15) is 0 Å². The minimum Gasteiger partial charge on any atom is -0.458 e. The fourth-order valence-corrected chi connectivity index (χ4v) is 4.44. The number of benzene rings is 3. The van der Waals surface area contributed by atoms with Gasteiger partial charge in [0.1, 0.15) is 17.8 Å². The van der Waals surface area contributed by atoms with Gasteiger partial charge in [-0.15, -0.1) is 0 Å². The summed E-state index contributed by atoms with van der Waals surface area (Å²) in [5.74, 6) is -1.52. The normalized spacial score (nSPS) is 19.8. The van der Waals surface area contributed by atoms with Gasteiger partial charge in [0, 0.05) is 0 Å². The number of carbonyl (C=O) groups excluding carboxylic acids is 3. The predicted octanol–water partition coefficient (Wildman–Crippen LogP) is 5.64. The van der Waals surface area contributed by atoms with Crippen LogP contribution in [-0.2, 0) is 18.9 Å². The summed E-state index contributed by atoms with van der Waals surface area (Å²) in [5, 5.41) is 0. The number of esters is 3. The van der Waals surface area contributed by atoms with E-state index < -0.39 is 41.3 Å². The lowest BCUT2D eigenvalue weighted by Gasteiger charge is -2.36. The van der Waals surface area contributed by atoms with Gasteiger partial charge < -0.3 is 18.9 Å². The molecule has 0 aliphatic carbocycles. The van der Waals surface area contributed by atoms with Crippen molar-refractivity contribution in [2.24, 2.45) is 0 Å². The molecular formula is C31H32O7. The van der Waals surface area contributed by atoms with Crippen LogP contribution in [0, 0.1) is 0 Å². The second kappa shape index (κ2) is 11.6. The third kappa shape index (κ3) is 6.47. The quantitative estimate of drug-likeness (QED) is 0.269. The van der Waals surface area contributed by atoms with E-state index in [2.05, 4.69) is 0 Å². The van der Waals surface area contributed by atoms with Gasteiger partial charge in [0.15, 0.2) is 6.10 Å². The fraction of sp³-hybridized carbons (Fsp3) is 0.323. The minimum atomic E-state index is -0.984. The predicted molar refractivity (Wildman–Crippen MR) is 141 cm³/mol. The summed E-state index contributed by atoms with van der Waals surface area (Å²) < 4.78 is 23.7. The Labute approximate surface area is 222 Å². The molecule has 7 nitrogen and oxygen atoms in total. The maximum absolute atomic E-state index is 13.0. The topological polar surface area (TPSA) is 88.1 Å². The molecule has 3 aromatic carbocycles. The van der Waals surface area contributed by atoms with E-state index in [4.69, 9.17) is 18.9 Å². The molecule has 38 heavy (non-hydrogen) atoms. The molecule has 7 heteroatoms. The van der Waals surface area contributed by atoms with E-state index in [1.165, 1.54) is 0 Å². The molecule has 1 heterocycles. The monoisotopic (exact) mass is 516 g/mol. The lowest BCUT2D eigenvalue weighted by molar-refractivity contribution is -0.163. The molecule has 1 fully saturated rings. The Kier molecular flexibility index (Phi) is 8.27. The van der Waals surface area contributed by atoms with Crippen molar-refractivity contribution in [1.82, 2.24) is 0 Å². The fourth-order valence-electron chi connectivity index (χ4n) is 4.44. The summed E-state index contributed by atoms with van der Waals surface area (Å²) in [5.41, 5.74) is -0.724. The first-order valence-corrected chi connectivity index (χ1v) is 12.6. The molecule has 3 aromatic rings. The van der Waals surface area contributed by atoms with E-state index >= 15 is 0 Å². The number of carbonyl (C=O) groups is 3. The molecule has 0 aromatic heterocycles. The third-order valence-electron chi connectivity index (χ3n) is 6.77. The van der Waals surface area contributed by atoms with E-state index in [0.717, 1.165) is 0 Å². The molecular weight excluding hydrogens is 484 g/mol. The van der Waals surface area contributed by atoms with Crippen molar-refractivity contribution in [3.05, 3.63) is 108 Å². The van der Waals surface area contributed by atoms with Crippen LogP contribution < -0.4 is 0 Å². The van der Waals surface area contributed by atoms with Crippen molar-refractivity contribution >= 4 is 17.9 Å². The van der Waals surface area contributed by atoms with Crippen LogP contribution in [-0.4, -0.2) is 47.9 Å². The molecule has 0 N–H and O–H groups in total. The zero-order valence-electron chi connectivity index (χ0n) is 21.8. The first kappa shape index (κ1) is 27.1. The zero-order chi connectivity index (χ0) is 27.2. The third-order valence-corrected chi connectivity index (χ3v) is 6.77. The molecule has 0 bridgehead atoms. The molecule has 4 rings (SSSR count). The van der Waals surface area contributed by atoms with E-state index in [1.807, 2.05) is 13.0 Å². The van der Waals surface area contributed by atoms with E-state index in [1.54, 1.807) is 98.8 Å². The largest absolute Gasteiger partial charge is 0.458 e. The van der Waals surface area contributed by atoms with Crippen LogP contribution in [0.15, 0.2) is 91.0 Å². The van der Waals surface area contributed by atoms with Gasteiger partial charge in [-0.25, -0.2) is 14.4 Å². The number of hydrogen-bond acceptors (Lipinski definition) is 7. The standard InChI is InChI=1S/C31H32O7/c1-30(2,38-29(34)24-17-11-6-12-18-24)25-19-20-31(3,37-25)26(36-28(33)23-15-9-5-10-16-23)21-35-27(32)22-13-7-4-8-14-22/h4-18,25-26H,19-21H2,1-3H3/t25-,26+,31+/m0/s1. The van der Waals surface area contributed by atoms with Crippen LogP contribution in [0.2, 0.25) is 0 Å². The summed E-state index contributed by atoms with van der Waals surface area (Å²) in [6.45, 7) is 5.22. The van der Waals surface area contributed by atoms with E-state index in [-0.39, 0.29) is 6.61 Å². The van der Waals surface area contributed by atoms with Gasteiger partial charge in [-0.1, -0.05) is 54.6 Å². The Morgan fingerprint density at radius 3 is 1.82 bits per heavy atom. The number of hydrogen-bond donors (Lipinski definition) is 0. The lowest BCUT2D eigenvalue weighted by Crippen LogP contribution is -2.49. The van der Waals surface area contributed by atoms with E-state index in [0.29, 0.717) is 29.5 Å². The highest BCUT2D eigenvalue weighted by Crippen LogP contribution is 2.40. The SMILES string of the molecule is CC(C)(OC(=O)c1ccccc1)[C@@H]1CC[C@](C)([C@@H](COC(=O)c2ccccc2)OC(=O)c2ccccc2)O1. The van der Waals surface area contributed by atoms with Crippen LogP contribution in [0.3, 0.4) is 0 Å². The summed E-state index contributed by atoms with van der Waals surface area (Å²) >= 11 is 0. The van der Waals surface area contributed by atoms with Crippen molar-refractivity contribution < 1.29 is 33.3 Å². The second-order valence-electron chi connectivity index (χ2n) is 10.0. The first-order valence-electron chi connectivity index (χ1n) is 12.6. The molecule has 198 valence electrons. The van der Waals surface area contributed by atoms with Crippen molar-refractivity contribution in [2.45, 2.75) is 57.0 Å². The summed E-state index contributed by atoms with van der Waals surface area (Å²) in [6, 6.07) is 26.0. The Hall–Kier alpha value is -3.97. The van der Waals surface area contributed by atoms with Crippen molar-refractivity contribution in [1.29, 1.82) is 0 Å². The average Bonchev–Trinajstić information content (AvgIpc) is 3.36. The molecule has 0 amide bonds. The van der Waals surface area contributed by atoms with Crippen LogP contribution in [0.1, 0.15) is 64.7 Å². The van der Waals surface area contributed by atoms with Gasteiger partial charge >= 0.3 is 17.9 Å². The Balaban J connectivity index is 1.49. The molecule has 0 spiro atoms. The smallest absolute Gasteiger partial charge is 0.338 e. The average molecular weight is 517 g/mol. The van der Waals surface area contributed by atoms with Crippen LogP contribution in [0.5, 0.6) is 0 Å². The number of ether oxygens (including phenoxy) is 4. The molecule has 1 aliphatic rings. The minimum absolute atomic E-state index is 0.195. The van der Waals surface area contributed by atoms with Gasteiger partial charge in [-0.05, 0) is 70.0 Å². The molecule has 1 saturated heterocycles. The molecule has 3 atom stereocenters. The van der Waals surface area contributed by atoms with Gasteiger partial charge in [0.05, 0.1) is 22.8 Å². The Morgan fingerprint density at radius 2 is 1.29 bits per heavy atom. The summed E-state index contributed by atoms with van der Waals surface area (Å²) in [4.78, 5) is 38.3. The molecule has 0 saturated carbocycles. The Bertz CT molecular complexity index is 1240. The summed E-state index contributed by atoms with van der Waals surface area (Å²) in [7, 11) is 0. The number of rotatable bonds is 9. The maximum Gasteiger partial charge on any atom is 0.338 e.